The van der Waals surface area contributed by atoms with E-state index in [1.54, 1.807) is 0 Å². The van der Waals surface area contributed by atoms with E-state index in [-0.39, 0.29) is 6.04 Å². The highest BCUT2D eigenvalue weighted by molar-refractivity contribution is 9.10. The van der Waals surface area contributed by atoms with E-state index in [4.69, 9.17) is 0 Å². The molecule has 0 aliphatic rings. The van der Waals surface area contributed by atoms with Crippen LogP contribution in [0.1, 0.15) is 18.5 Å². The number of benzene rings is 2. The molecule has 2 aromatic carbocycles. The molecular weight excluding hydrogens is 326 g/mol. The molecule has 0 aliphatic heterocycles. The Morgan fingerprint density at radius 1 is 1.10 bits per heavy atom. The molecular formula is C17H16BrN3. The van der Waals surface area contributed by atoms with Crippen LogP contribution >= 0.6 is 15.9 Å². The van der Waals surface area contributed by atoms with Crippen molar-refractivity contribution in [2.45, 2.75) is 13.0 Å². The molecule has 1 heterocycles. The van der Waals surface area contributed by atoms with E-state index in [0.29, 0.717) is 0 Å². The second kappa shape index (κ2) is 6.14. The molecule has 0 amide bonds. The number of halogens is 1. The maximum atomic E-state index is 4.43. The van der Waals surface area contributed by atoms with Crippen LogP contribution in [0.2, 0.25) is 0 Å². The van der Waals surface area contributed by atoms with Crippen molar-refractivity contribution in [1.82, 2.24) is 9.78 Å². The predicted octanol–water partition coefficient (Wildman–Crippen LogP) is 4.81. The molecule has 1 N–H and O–H groups in total. The van der Waals surface area contributed by atoms with Crippen LogP contribution < -0.4 is 5.32 Å². The number of hydrogen-bond donors (Lipinski definition) is 1. The van der Waals surface area contributed by atoms with Crippen LogP contribution in [0.5, 0.6) is 0 Å². The van der Waals surface area contributed by atoms with Gasteiger partial charge in [0.05, 0.1) is 17.9 Å². The molecule has 3 aromatic rings. The van der Waals surface area contributed by atoms with Crippen molar-refractivity contribution in [1.29, 1.82) is 0 Å². The van der Waals surface area contributed by atoms with Crippen LogP contribution in [0.25, 0.3) is 5.69 Å². The van der Waals surface area contributed by atoms with E-state index in [1.807, 2.05) is 53.3 Å². The van der Waals surface area contributed by atoms with Crippen molar-refractivity contribution in [2.75, 3.05) is 5.32 Å². The van der Waals surface area contributed by atoms with Crippen molar-refractivity contribution in [3.05, 3.63) is 77.0 Å². The Morgan fingerprint density at radius 2 is 1.90 bits per heavy atom. The lowest BCUT2D eigenvalue weighted by molar-refractivity contribution is 0.868. The SMILES string of the molecule is CC(Nc1cccc(Br)c1)c1cnn(-c2ccccc2)c1. The van der Waals surface area contributed by atoms with Gasteiger partial charge >= 0.3 is 0 Å². The summed E-state index contributed by atoms with van der Waals surface area (Å²) in [7, 11) is 0. The fraction of sp³-hybridized carbons (Fsp3) is 0.118. The number of aromatic nitrogens is 2. The van der Waals surface area contributed by atoms with Gasteiger partial charge in [0.2, 0.25) is 0 Å². The lowest BCUT2D eigenvalue weighted by Gasteiger charge is -2.13. The maximum Gasteiger partial charge on any atom is 0.0645 e. The van der Waals surface area contributed by atoms with Crippen LogP contribution in [-0.2, 0) is 0 Å². The fourth-order valence-corrected chi connectivity index (χ4v) is 2.59. The van der Waals surface area contributed by atoms with Crippen LogP contribution in [-0.4, -0.2) is 9.78 Å². The monoisotopic (exact) mass is 341 g/mol. The average molecular weight is 342 g/mol. The standard InChI is InChI=1S/C17H16BrN3/c1-13(20-16-7-5-6-15(18)10-16)14-11-19-21(12-14)17-8-3-2-4-9-17/h2-13,20H,1H3. The molecule has 0 spiro atoms. The third-order valence-corrected chi connectivity index (χ3v) is 3.82. The quantitative estimate of drug-likeness (QED) is 0.738. The fourth-order valence-electron chi connectivity index (χ4n) is 2.19. The summed E-state index contributed by atoms with van der Waals surface area (Å²) in [5, 5.41) is 7.91. The Balaban J connectivity index is 1.77. The normalized spacial score (nSPS) is 12.1. The van der Waals surface area contributed by atoms with Gasteiger partial charge in [0.1, 0.15) is 0 Å². The van der Waals surface area contributed by atoms with E-state index in [0.717, 1.165) is 21.4 Å². The summed E-state index contributed by atoms with van der Waals surface area (Å²) in [6.07, 6.45) is 3.97. The van der Waals surface area contributed by atoms with E-state index in [1.165, 1.54) is 0 Å². The number of nitrogens with zero attached hydrogens (tertiary/aromatic N) is 2. The van der Waals surface area contributed by atoms with E-state index in [9.17, 15) is 0 Å². The van der Waals surface area contributed by atoms with Crippen LogP contribution in [0.4, 0.5) is 5.69 Å². The number of nitrogens with one attached hydrogen (secondary N) is 1. The molecule has 0 aliphatic carbocycles. The van der Waals surface area contributed by atoms with Crippen LogP contribution in [0, 0.1) is 0 Å². The first kappa shape index (κ1) is 13.9. The smallest absolute Gasteiger partial charge is 0.0645 e. The van der Waals surface area contributed by atoms with Gasteiger partial charge in [-0.05, 0) is 37.3 Å². The van der Waals surface area contributed by atoms with Gasteiger partial charge in [-0.25, -0.2) is 4.68 Å². The van der Waals surface area contributed by atoms with Crippen molar-refractivity contribution in [3.63, 3.8) is 0 Å². The zero-order valence-electron chi connectivity index (χ0n) is 11.7. The minimum absolute atomic E-state index is 0.191. The first-order chi connectivity index (χ1) is 10.2. The summed E-state index contributed by atoms with van der Waals surface area (Å²) in [6, 6.07) is 18.5. The molecule has 1 unspecified atom stereocenters. The predicted molar refractivity (Wildman–Crippen MR) is 89.7 cm³/mol. The number of para-hydroxylation sites is 1. The Hall–Kier alpha value is -2.07. The topological polar surface area (TPSA) is 29.9 Å². The summed E-state index contributed by atoms with van der Waals surface area (Å²) >= 11 is 3.49. The second-order valence-corrected chi connectivity index (χ2v) is 5.85. The zero-order valence-corrected chi connectivity index (χ0v) is 13.3. The van der Waals surface area contributed by atoms with Gasteiger partial charge in [-0.2, -0.15) is 5.10 Å². The molecule has 106 valence electrons. The van der Waals surface area contributed by atoms with Gasteiger partial charge < -0.3 is 5.32 Å². The molecule has 0 saturated heterocycles. The highest BCUT2D eigenvalue weighted by Gasteiger charge is 2.09. The molecule has 3 rings (SSSR count). The summed E-state index contributed by atoms with van der Waals surface area (Å²) < 4.78 is 2.97. The van der Waals surface area contributed by atoms with Crippen LogP contribution in [0.3, 0.4) is 0 Å². The Morgan fingerprint density at radius 3 is 2.67 bits per heavy atom. The zero-order chi connectivity index (χ0) is 14.7. The third-order valence-electron chi connectivity index (χ3n) is 3.33. The summed E-state index contributed by atoms with van der Waals surface area (Å²) in [4.78, 5) is 0. The molecule has 0 bridgehead atoms. The molecule has 0 saturated carbocycles. The molecule has 0 radical (unpaired) electrons. The highest BCUT2D eigenvalue weighted by atomic mass is 79.9. The maximum absolute atomic E-state index is 4.43. The van der Waals surface area contributed by atoms with Crippen molar-refractivity contribution in [2.24, 2.45) is 0 Å². The number of hydrogen-bond acceptors (Lipinski definition) is 2. The minimum atomic E-state index is 0.191. The lowest BCUT2D eigenvalue weighted by atomic mass is 10.2. The van der Waals surface area contributed by atoms with Gasteiger partial charge in [0.25, 0.3) is 0 Å². The van der Waals surface area contributed by atoms with E-state index >= 15 is 0 Å². The molecule has 1 atom stereocenters. The first-order valence-electron chi connectivity index (χ1n) is 6.84. The Labute approximate surface area is 132 Å². The van der Waals surface area contributed by atoms with Crippen LogP contribution in [0.15, 0.2) is 71.5 Å². The first-order valence-corrected chi connectivity index (χ1v) is 7.64. The van der Waals surface area contributed by atoms with Crippen molar-refractivity contribution < 1.29 is 0 Å². The third kappa shape index (κ3) is 3.34. The van der Waals surface area contributed by atoms with Gasteiger partial charge in [0.15, 0.2) is 0 Å². The largest absolute Gasteiger partial charge is 0.378 e. The Kier molecular flexibility index (Phi) is 4.06. The average Bonchev–Trinajstić information content (AvgIpc) is 2.98. The van der Waals surface area contributed by atoms with Crippen molar-refractivity contribution in [3.8, 4) is 5.69 Å². The van der Waals surface area contributed by atoms with Gasteiger partial charge in [-0.1, -0.05) is 40.2 Å². The van der Waals surface area contributed by atoms with Gasteiger partial charge in [-0.15, -0.1) is 0 Å². The number of anilines is 1. The molecule has 4 heteroatoms. The molecule has 21 heavy (non-hydrogen) atoms. The highest BCUT2D eigenvalue weighted by Crippen LogP contribution is 2.22. The second-order valence-electron chi connectivity index (χ2n) is 4.93. The van der Waals surface area contributed by atoms with Crippen molar-refractivity contribution >= 4 is 21.6 Å². The van der Waals surface area contributed by atoms with Gasteiger partial charge in [0, 0.05) is 21.9 Å². The number of rotatable bonds is 4. The Bertz CT molecular complexity index is 722. The molecule has 1 aromatic heterocycles. The van der Waals surface area contributed by atoms with Gasteiger partial charge in [-0.3, -0.25) is 0 Å². The van der Waals surface area contributed by atoms with E-state index in [2.05, 4.69) is 51.6 Å². The molecule has 0 fully saturated rings. The summed E-state index contributed by atoms with van der Waals surface area (Å²) in [6.45, 7) is 2.13. The summed E-state index contributed by atoms with van der Waals surface area (Å²) in [5.74, 6) is 0. The van der Waals surface area contributed by atoms with E-state index < -0.39 is 0 Å². The minimum Gasteiger partial charge on any atom is -0.378 e. The lowest BCUT2D eigenvalue weighted by Crippen LogP contribution is -2.05. The molecule has 3 nitrogen and oxygen atoms in total. The summed E-state index contributed by atoms with van der Waals surface area (Å²) in [5.41, 5.74) is 3.31.